The van der Waals surface area contributed by atoms with Crippen LogP contribution < -0.4 is 0 Å². The van der Waals surface area contributed by atoms with E-state index in [-0.39, 0.29) is 5.41 Å². The fraction of sp³-hybridized carbons (Fsp3) is 0.185. The van der Waals surface area contributed by atoms with Crippen LogP contribution in [0, 0.1) is 0 Å². The highest BCUT2D eigenvalue weighted by Crippen LogP contribution is 2.52. The van der Waals surface area contributed by atoms with Crippen molar-refractivity contribution in [3.8, 4) is 0 Å². The number of hydrogen-bond donors (Lipinski definition) is 0. The number of rotatable bonds is 1. The molecule has 0 saturated heterocycles. The van der Waals surface area contributed by atoms with Gasteiger partial charge in [0.25, 0.3) is 0 Å². The summed E-state index contributed by atoms with van der Waals surface area (Å²) in [5.74, 6) is 0. The Hall–Kier alpha value is -2.10. The molecule has 0 atom stereocenters. The zero-order valence-electron chi connectivity index (χ0n) is 17.0. The van der Waals surface area contributed by atoms with Crippen molar-refractivity contribution >= 4 is 64.9 Å². The maximum Gasteiger partial charge on any atom is 0.0538 e. The highest BCUT2D eigenvalue weighted by Gasteiger charge is 2.38. The van der Waals surface area contributed by atoms with Crippen molar-refractivity contribution in [2.45, 2.75) is 32.1 Å². The summed E-state index contributed by atoms with van der Waals surface area (Å²) in [7, 11) is 0. The highest BCUT2D eigenvalue weighted by atomic mass is 79.9. The van der Waals surface area contributed by atoms with Gasteiger partial charge >= 0.3 is 0 Å². The second-order valence-electron chi connectivity index (χ2n) is 8.86. The first kappa shape index (κ1) is 18.7. The van der Waals surface area contributed by atoms with Crippen molar-refractivity contribution in [1.29, 1.82) is 0 Å². The Bertz CT molecular complexity index is 1370. The first-order chi connectivity index (χ1) is 14.4. The summed E-state index contributed by atoms with van der Waals surface area (Å²) >= 11 is 7.33. The average molecular weight is 519 g/mol. The van der Waals surface area contributed by atoms with Crippen LogP contribution in [0.1, 0.15) is 37.8 Å². The number of allylic oxidation sites excluding steroid dienone is 4. The summed E-state index contributed by atoms with van der Waals surface area (Å²) in [6.07, 6.45) is 4.62. The van der Waals surface area contributed by atoms with Crippen molar-refractivity contribution in [1.82, 2.24) is 4.57 Å². The van der Waals surface area contributed by atoms with Crippen LogP contribution in [0.5, 0.6) is 0 Å². The van der Waals surface area contributed by atoms with Crippen LogP contribution in [-0.4, -0.2) is 4.57 Å². The molecule has 3 heteroatoms. The maximum atomic E-state index is 3.67. The molecule has 0 radical (unpaired) electrons. The first-order valence-corrected chi connectivity index (χ1v) is 12.0. The molecule has 0 amide bonds. The van der Waals surface area contributed by atoms with Gasteiger partial charge in [0.2, 0.25) is 0 Å². The molecule has 0 saturated carbocycles. The van der Waals surface area contributed by atoms with Crippen molar-refractivity contribution < 1.29 is 0 Å². The minimum absolute atomic E-state index is 0.0441. The zero-order valence-corrected chi connectivity index (χ0v) is 20.1. The van der Waals surface area contributed by atoms with Crippen LogP contribution in [0.3, 0.4) is 0 Å². The van der Waals surface area contributed by atoms with Crippen molar-refractivity contribution in [3.05, 3.63) is 92.4 Å². The first-order valence-electron chi connectivity index (χ1n) is 10.4. The molecule has 0 unspecified atom stereocenters. The van der Waals surface area contributed by atoms with E-state index in [4.69, 9.17) is 0 Å². The number of hydrogen-bond acceptors (Lipinski definition) is 0. The molecule has 2 aliphatic carbocycles. The molecule has 0 aliphatic heterocycles. The highest BCUT2D eigenvalue weighted by molar-refractivity contribution is 9.10. The molecule has 0 bridgehead atoms. The van der Waals surface area contributed by atoms with Crippen LogP contribution in [0.4, 0.5) is 0 Å². The molecular formula is C27H21Br2N. The van der Waals surface area contributed by atoms with Crippen LogP contribution in [0.25, 0.3) is 33.1 Å². The molecule has 1 nitrogen and oxygen atoms in total. The molecule has 3 aromatic carbocycles. The molecule has 1 aromatic heterocycles. The third-order valence-corrected chi connectivity index (χ3v) is 7.83. The number of halogens is 2. The molecular weight excluding hydrogens is 498 g/mol. The van der Waals surface area contributed by atoms with E-state index in [9.17, 15) is 0 Å². The molecule has 0 spiro atoms. The van der Waals surface area contributed by atoms with Gasteiger partial charge in [-0.15, -0.1) is 0 Å². The van der Waals surface area contributed by atoms with E-state index in [0.29, 0.717) is 0 Å². The summed E-state index contributed by atoms with van der Waals surface area (Å²) < 4.78 is 4.71. The predicted molar refractivity (Wildman–Crippen MR) is 135 cm³/mol. The largest absolute Gasteiger partial charge is 0.313 e. The Kier molecular flexibility index (Phi) is 4.01. The molecule has 30 heavy (non-hydrogen) atoms. The SMILES string of the molecule is CC1(C)C2=C(CCC(n3c4ccc(Br)cc4c4cc(Br)ccc43)=C2)c2ccccc21. The minimum atomic E-state index is 0.0441. The van der Waals surface area contributed by atoms with Crippen molar-refractivity contribution in [2.75, 3.05) is 0 Å². The summed E-state index contributed by atoms with van der Waals surface area (Å²) in [6, 6.07) is 22.2. The standard InChI is InChI=1S/C27H21Br2N/c1-27(2)23-6-4-3-5-19(23)20-10-9-18(15-24(20)27)30-25-11-7-16(28)13-21(25)22-14-17(29)8-12-26(22)30/h3-8,11-15H,9-10H2,1-2H3. The average Bonchev–Trinajstić information content (AvgIpc) is 3.17. The van der Waals surface area contributed by atoms with Gasteiger partial charge in [-0.25, -0.2) is 0 Å². The monoisotopic (exact) mass is 517 g/mol. The lowest BCUT2D eigenvalue weighted by Crippen LogP contribution is -2.17. The van der Waals surface area contributed by atoms with Crippen molar-refractivity contribution in [2.24, 2.45) is 0 Å². The van der Waals surface area contributed by atoms with E-state index in [2.05, 4.69) is 117 Å². The van der Waals surface area contributed by atoms with Gasteiger partial charge in [-0.3, -0.25) is 0 Å². The van der Waals surface area contributed by atoms with Crippen LogP contribution in [-0.2, 0) is 5.41 Å². The lowest BCUT2D eigenvalue weighted by atomic mass is 9.79. The van der Waals surface area contributed by atoms with E-state index < -0.39 is 0 Å². The van der Waals surface area contributed by atoms with E-state index in [1.807, 2.05) is 0 Å². The molecule has 6 rings (SSSR count). The smallest absolute Gasteiger partial charge is 0.0538 e. The number of fused-ring (bicyclic) bond motifs is 5. The number of benzene rings is 3. The molecule has 2 aliphatic rings. The zero-order chi connectivity index (χ0) is 20.6. The van der Waals surface area contributed by atoms with Crippen LogP contribution >= 0.6 is 31.9 Å². The lowest BCUT2D eigenvalue weighted by Gasteiger charge is -2.26. The summed E-state index contributed by atoms with van der Waals surface area (Å²) in [6.45, 7) is 4.74. The van der Waals surface area contributed by atoms with Gasteiger partial charge in [-0.1, -0.05) is 70.0 Å². The van der Waals surface area contributed by atoms with Crippen LogP contribution in [0.2, 0.25) is 0 Å². The van der Waals surface area contributed by atoms with Gasteiger partial charge < -0.3 is 4.57 Å². The quantitative estimate of drug-likeness (QED) is 0.237. The Morgan fingerprint density at radius 1 is 0.800 bits per heavy atom. The number of aromatic nitrogens is 1. The molecule has 0 N–H and O–H groups in total. The van der Waals surface area contributed by atoms with Gasteiger partial charge in [0.15, 0.2) is 0 Å². The fourth-order valence-electron chi connectivity index (χ4n) is 5.44. The van der Waals surface area contributed by atoms with Gasteiger partial charge in [0.05, 0.1) is 11.0 Å². The molecule has 1 heterocycles. The Balaban J connectivity index is 1.63. The summed E-state index contributed by atoms with van der Waals surface area (Å²) in [5, 5.41) is 2.57. The van der Waals surface area contributed by atoms with E-state index in [1.165, 1.54) is 49.8 Å². The lowest BCUT2D eigenvalue weighted by molar-refractivity contribution is 0.651. The van der Waals surface area contributed by atoms with Crippen LogP contribution in [0.15, 0.2) is 81.3 Å². The Morgan fingerprint density at radius 2 is 1.43 bits per heavy atom. The normalized spacial score (nSPS) is 17.4. The van der Waals surface area contributed by atoms with Crippen molar-refractivity contribution in [3.63, 3.8) is 0 Å². The second-order valence-corrected chi connectivity index (χ2v) is 10.7. The summed E-state index contributed by atoms with van der Waals surface area (Å²) in [5.41, 5.74) is 9.90. The van der Waals surface area contributed by atoms with Gasteiger partial charge in [0, 0.05) is 30.8 Å². The van der Waals surface area contributed by atoms with E-state index in [0.717, 1.165) is 21.8 Å². The Morgan fingerprint density at radius 3 is 2.10 bits per heavy atom. The molecule has 4 aromatic rings. The maximum absolute atomic E-state index is 3.67. The Labute approximate surface area is 193 Å². The van der Waals surface area contributed by atoms with E-state index in [1.54, 1.807) is 0 Å². The minimum Gasteiger partial charge on any atom is -0.313 e. The molecule has 148 valence electrons. The third-order valence-electron chi connectivity index (χ3n) is 6.84. The molecule has 0 fully saturated rings. The predicted octanol–water partition coefficient (Wildman–Crippen LogP) is 8.70. The van der Waals surface area contributed by atoms with Gasteiger partial charge in [0.1, 0.15) is 0 Å². The van der Waals surface area contributed by atoms with E-state index >= 15 is 0 Å². The topological polar surface area (TPSA) is 4.93 Å². The summed E-state index contributed by atoms with van der Waals surface area (Å²) in [4.78, 5) is 0. The van der Waals surface area contributed by atoms with Gasteiger partial charge in [-0.2, -0.15) is 0 Å². The van der Waals surface area contributed by atoms with Gasteiger partial charge in [-0.05, 0) is 77.6 Å². The second kappa shape index (κ2) is 6.45. The fourth-order valence-corrected chi connectivity index (χ4v) is 6.16. The number of nitrogens with zero attached hydrogens (tertiary/aromatic N) is 1. The third kappa shape index (κ3) is 2.52.